The van der Waals surface area contributed by atoms with Gasteiger partial charge in [0, 0.05) is 0 Å². The number of amides is 1. The fourth-order valence-corrected chi connectivity index (χ4v) is 1.83. The van der Waals surface area contributed by atoms with E-state index in [1.165, 1.54) is 4.90 Å². The van der Waals surface area contributed by atoms with Gasteiger partial charge in [-0.3, -0.25) is 9.69 Å². The van der Waals surface area contributed by atoms with Crippen molar-refractivity contribution in [1.29, 1.82) is 0 Å². The molecular formula is C11H16INO4. The normalized spacial score (nSPS) is 17.0. The molecular weight excluding hydrogens is 337 g/mol. The van der Waals surface area contributed by atoms with Gasteiger partial charge in [0.05, 0.1) is 6.61 Å². The molecule has 0 spiro atoms. The number of hydrogen-bond acceptors (Lipinski definition) is 4. The number of ether oxygens (including phenoxy) is 2. The van der Waals surface area contributed by atoms with Crippen molar-refractivity contribution in [2.75, 3.05) is 13.3 Å². The Bertz CT molecular complexity index is 376. The van der Waals surface area contributed by atoms with Gasteiger partial charge in [-0.05, 0) is 50.3 Å². The number of hydrogen-bond donors (Lipinski definition) is 0. The van der Waals surface area contributed by atoms with Crippen molar-refractivity contribution in [3.63, 3.8) is 0 Å². The van der Waals surface area contributed by atoms with E-state index in [-0.39, 0.29) is 19.2 Å². The maximum atomic E-state index is 12.1. The molecule has 1 rings (SSSR count). The fraction of sp³-hybridized carbons (Fsp3) is 0.636. The van der Waals surface area contributed by atoms with Crippen molar-refractivity contribution in [2.45, 2.75) is 33.2 Å². The van der Waals surface area contributed by atoms with Gasteiger partial charge in [0.15, 0.2) is 6.73 Å². The second-order valence-electron chi connectivity index (χ2n) is 4.16. The van der Waals surface area contributed by atoms with Crippen molar-refractivity contribution < 1.29 is 19.1 Å². The minimum atomic E-state index is -1.02. The molecule has 5 nitrogen and oxygen atoms in total. The summed E-state index contributed by atoms with van der Waals surface area (Å²) in [5, 5.41) is 0. The van der Waals surface area contributed by atoms with Crippen LogP contribution in [0.25, 0.3) is 0 Å². The van der Waals surface area contributed by atoms with Gasteiger partial charge in [0.1, 0.15) is 14.9 Å². The Balaban J connectivity index is 2.95. The van der Waals surface area contributed by atoms with Crippen LogP contribution in [0.5, 0.6) is 0 Å². The SMILES string of the molecule is CCOC(=O)C(C)(C)N1COC(C)=C(I)C1=O. The van der Waals surface area contributed by atoms with Gasteiger partial charge in [-0.2, -0.15) is 0 Å². The van der Waals surface area contributed by atoms with Crippen molar-refractivity contribution in [1.82, 2.24) is 4.90 Å². The number of carbonyl (C=O) groups is 2. The van der Waals surface area contributed by atoms with Crippen LogP contribution >= 0.6 is 22.6 Å². The third-order valence-corrected chi connectivity index (χ3v) is 3.82. The lowest BCUT2D eigenvalue weighted by atomic mass is 10.0. The third-order valence-electron chi connectivity index (χ3n) is 2.60. The van der Waals surface area contributed by atoms with Crippen LogP contribution in [0, 0.1) is 0 Å². The summed E-state index contributed by atoms with van der Waals surface area (Å²) in [6, 6.07) is 0. The topological polar surface area (TPSA) is 55.8 Å². The van der Waals surface area contributed by atoms with Crippen molar-refractivity contribution in [3.8, 4) is 0 Å². The maximum Gasteiger partial charge on any atom is 0.331 e. The summed E-state index contributed by atoms with van der Waals surface area (Å²) in [6.07, 6.45) is 0. The van der Waals surface area contributed by atoms with Gasteiger partial charge in [-0.25, -0.2) is 4.79 Å². The highest BCUT2D eigenvalue weighted by Gasteiger charge is 2.42. The van der Waals surface area contributed by atoms with E-state index in [0.717, 1.165) is 0 Å². The Morgan fingerprint density at radius 3 is 2.71 bits per heavy atom. The van der Waals surface area contributed by atoms with Gasteiger partial charge >= 0.3 is 5.97 Å². The second kappa shape index (κ2) is 5.24. The summed E-state index contributed by atoms with van der Waals surface area (Å²) in [4.78, 5) is 25.2. The number of carbonyl (C=O) groups excluding carboxylic acids is 2. The zero-order valence-electron chi connectivity index (χ0n) is 10.4. The van der Waals surface area contributed by atoms with Crippen molar-refractivity contribution in [3.05, 3.63) is 9.34 Å². The van der Waals surface area contributed by atoms with Gasteiger partial charge in [0.25, 0.3) is 5.91 Å². The first-order valence-electron chi connectivity index (χ1n) is 5.30. The van der Waals surface area contributed by atoms with E-state index in [4.69, 9.17) is 9.47 Å². The Labute approximate surface area is 114 Å². The molecule has 1 aliphatic rings. The zero-order valence-corrected chi connectivity index (χ0v) is 12.5. The van der Waals surface area contributed by atoms with E-state index in [2.05, 4.69) is 0 Å². The van der Waals surface area contributed by atoms with Crippen LogP contribution in [0.1, 0.15) is 27.7 Å². The number of halogens is 1. The molecule has 96 valence electrons. The predicted octanol–water partition coefficient (Wildman–Crippen LogP) is 1.81. The summed E-state index contributed by atoms with van der Waals surface area (Å²) in [6.45, 7) is 7.12. The Morgan fingerprint density at radius 2 is 2.18 bits per heavy atom. The lowest BCUT2D eigenvalue weighted by Gasteiger charge is -2.38. The lowest BCUT2D eigenvalue weighted by Crippen LogP contribution is -2.55. The molecule has 0 unspecified atom stereocenters. The summed E-state index contributed by atoms with van der Waals surface area (Å²) in [7, 11) is 0. The molecule has 6 heteroatoms. The van der Waals surface area contributed by atoms with Gasteiger partial charge < -0.3 is 9.47 Å². The highest BCUT2D eigenvalue weighted by atomic mass is 127. The van der Waals surface area contributed by atoms with Crippen LogP contribution in [-0.4, -0.2) is 35.7 Å². The van der Waals surface area contributed by atoms with E-state index in [9.17, 15) is 9.59 Å². The largest absolute Gasteiger partial charge is 0.476 e. The molecule has 0 aromatic rings. The molecule has 0 atom stereocenters. The van der Waals surface area contributed by atoms with E-state index in [1.807, 2.05) is 22.6 Å². The summed E-state index contributed by atoms with van der Waals surface area (Å²) in [5.41, 5.74) is -1.02. The zero-order chi connectivity index (χ0) is 13.2. The minimum Gasteiger partial charge on any atom is -0.476 e. The van der Waals surface area contributed by atoms with E-state index >= 15 is 0 Å². The molecule has 0 saturated heterocycles. The van der Waals surface area contributed by atoms with Crippen LogP contribution in [-0.2, 0) is 19.1 Å². The highest BCUT2D eigenvalue weighted by molar-refractivity contribution is 14.1. The molecule has 0 aliphatic carbocycles. The van der Waals surface area contributed by atoms with Crippen LogP contribution < -0.4 is 0 Å². The average molecular weight is 353 g/mol. The van der Waals surface area contributed by atoms with Crippen LogP contribution in [0.15, 0.2) is 9.34 Å². The molecule has 0 fully saturated rings. The van der Waals surface area contributed by atoms with E-state index in [0.29, 0.717) is 9.34 Å². The molecule has 0 aromatic heterocycles. The number of rotatable bonds is 3. The smallest absolute Gasteiger partial charge is 0.331 e. The molecule has 1 amide bonds. The Morgan fingerprint density at radius 1 is 1.59 bits per heavy atom. The molecule has 17 heavy (non-hydrogen) atoms. The maximum absolute atomic E-state index is 12.1. The first-order valence-corrected chi connectivity index (χ1v) is 6.38. The Hall–Kier alpha value is -0.790. The minimum absolute atomic E-state index is 0.0724. The van der Waals surface area contributed by atoms with Gasteiger partial charge in [-0.1, -0.05) is 0 Å². The van der Waals surface area contributed by atoms with Crippen LogP contribution in [0.4, 0.5) is 0 Å². The monoisotopic (exact) mass is 353 g/mol. The molecule has 0 radical (unpaired) electrons. The fourth-order valence-electron chi connectivity index (χ4n) is 1.39. The molecule has 0 aromatic carbocycles. The summed E-state index contributed by atoms with van der Waals surface area (Å²) in [5.74, 6) is -0.0420. The van der Waals surface area contributed by atoms with Crippen LogP contribution in [0.3, 0.4) is 0 Å². The van der Waals surface area contributed by atoms with Gasteiger partial charge in [0.2, 0.25) is 0 Å². The van der Waals surface area contributed by atoms with E-state index < -0.39 is 11.5 Å². The number of esters is 1. The lowest BCUT2D eigenvalue weighted by molar-refractivity contribution is -0.166. The van der Waals surface area contributed by atoms with Crippen molar-refractivity contribution >= 4 is 34.5 Å². The predicted molar refractivity (Wildman–Crippen MR) is 70.2 cm³/mol. The van der Waals surface area contributed by atoms with Crippen LogP contribution in [0.2, 0.25) is 0 Å². The molecule has 0 bridgehead atoms. The van der Waals surface area contributed by atoms with E-state index in [1.54, 1.807) is 27.7 Å². The summed E-state index contributed by atoms with van der Waals surface area (Å²) >= 11 is 1.92. The second-order valence-corrected chi connectivity index (χ2v) is 5.24. The molecule has 1 aliphatic heterocycles. The van der Waals surface area contributed by atoms with Gasteiger partial charge in [-0.15, -0.1) is 0 Å². The number of nitrogens with zero attached hydrogens (tertiary/aromatic N) is 1. The Kier molecular flexibility index (Phi) is 4.40. The molecule has 0 N–H and O–H groups in total. The average Bonchev–Trinajstić information content (AvgIpc) is 2.26. The quantitative estimate of drug-likeness (QED) is 0.574. The van der Waals surface area contributed by atoms with Crippen molar-refractivity contribution in [2.24, 2.45) is 0 Å². The third kappa shape index (κ3) is 2.72. The first-order chi connectivity index (χ1) is 7.82. The first kappa shape index (κ1) is 14.3. The standard InChI is InChI=1S/C11H16INO4/c1-5-16-10(15)11(3,4)13-6-17-7(2)8(12)9(13)14/h5-6H2,1-4H3. The summed E-state index contributed by atoms with van der Waals surface area (Å²) < 4.78 is 10.8. The number of allylic oxidation sites excluding steroid dienone is 1. The molecule has 1 heterocycles. The highest BCUT2D eigenvalue weighted by Crippen LogP contribution is 2.28. The molecule has 0 saturated carbocycles.